The van der Waals surface area contributed by atoms with Gasteiger partial charge in [0, 0.05) is 6.61 Å². The Bertz CT molecular complexity index is 514. The Balaban J connectivity index is 2.08. The Kier molecular flexibility index (Phi) is 4.47. The maximum absolute atomic E-state index is 12.4. The summed E-state index contributed by atoms with van der Waals surface area (Å²) in [6, 6.07) is 6.95. The van der Waals surface area contributed by atoms with Gasteiger partial charge >= 0.3 is 0 Å². The van der Waals surface area contributed by atoms with E-state index < -0.39 is 5.54 Å². The van der Waals surface area contributed by atoms with E-state index in [0.717, 1.165) is 6.42 Å². The molecule has 114 valence electrons. The van der Waals surface area contributed by atoms with E-state index in [1.807, 2.05) is 13.8 Å². The molecule has 0 aliphatic carbocycles. The number of hydrogen-bond donors (Lipinski definition) is 0. The minimum absolute atomic E-state index is 0.229. The van der Waals surface area contributed by atoms with E-state index in [0.29, 0.717) is 30.3 Å². The van der Waals surface area contributed by atoms with Crippen LogP contribution in [0.4, 0.5) is 0 Å². The second-order valence-corrected chi connectivity index (χ2v) is 6.54. The van der Waals surface area contributed by atoms with Crippen molar-refractivity contribution in [3.8, 4) is 0 Å². The number of benzene rings is 1. The second kappa shape index (κ2) is 5.98. The summed E-state index contributed by atoms with van der Waals surface area (Å²) in [5.74, 6) is 0.119. The number of carbonyl (C=O) groups is 2. The summed E-state index contributed by atoms with van der Waals surface area (Å²) in [7, 11) is 0. The van der Waals surface area contributed by atoms with Crippen LogP contribution in [0, 0.1) is 5.92 Å². The second-order valence-electron chi connectivity index (χ2n) is 6.54. The first kappa shape index (κ1) is 15.7. The fourth-order valence-corrected chi connectivity index (χ4v) is 2.44. The number of imide groups is 1. The summed E-state index contributed by atoms with van der Waals surface area (Å²) in [6.07, 6.45) is 0.970. The van der Waals surface area contributed by atoms with Gasteiger partial charge in [-0.25, -0.2) is 0 Å². The summed E-state index contributed by atoms with van der Waals surface area (Å²) in [6.45, 7) is 9.00. The fourth-order valence-electron chi connectivity index (χ4n) is 2.44. The van der Waals surface area contributed by atoms with Gasteiger partial charge in [0.05, 0.1) is 23.3 Å². The van der Waals surface area contributed by atoms with Crippen molar-refractivity contribution in [1.29, 1.82) is 0 Å². The molecule has 21 heavy (non-hydrogen) atoms. The summed E-state index contributed by atoms with van der Waals surface area (Å²) in [5, 5.41) is 0. The Morgan fingerprint density at radius 2 is 1.62 bits per heavy atom. The van der Waals surface area contributed by atoms with Crippen LogP contribution in [-0.4, -0.2) is 35.5 Å². The molecule has 0 fully saturated rings. The van der Waals surface area contributed by atoms with Crippen molar-refractivity contribution in [2.75, 3.05) is 13.2 Å². The molecule has 1 heterocycles. The number of nitrogens with zero attached hydrogens (tertiary/aromatic N) is 1. The molecule has 0 aromatic heterocycles. The van der Waals surface area contributed by atoms with Crippen molar-refractivity contribution in [3.63, 3.8) is 0 Å². The van der Waals surface area contributed by atoms with Crippen molar-refractivity contribution >= 4 is 11.8 Å². The van der Waals surface area contributed by atoms with Gasteiger partial charge in [-0.1, -0.05) is 26.0 Å². The number of carbonyl (C=O) groups excluding carboxylic acids is 2. The van der Waals surface area contributed by atoms with Crippen molar-refractivity contribution in [1.82, 2.24) is 4.90 Å². The highest BCUT2D eigenvalue weighted by Gasteiger charge is 2.43. The summed E-state index contributed by atoms with van der Waals surface area (Å²) >= 11 is 0. The van der Waals surface area contributed by atoms with Crippen LogP contribution in [0.15, 0.2) is 24.3 Å². The molecule has 1 aromatic rings. The third-order valence-electron chi connectivity index (χ3n) is 3.69. The van der Waals surface area contributed by atoms with Gasteiger partial charge in [0.2, 0.25) is 0 Å². The fraction of sp³-hybridized carbons (Fsp3) is 0.529. The van der Waals surface area contributed by atoms with Crippen LogP contribution >= 0.6 is 0 Å². The molecular formula is C17H23NO3. The van der Waals surface area contributed by atoms with E-state index in [1.54, 1.807) is 24.3 Å². The highest BCUT2D eigenvalue weighted by Crippen LogP contribution is 2.29. The number of amides is 2. The van der Waals surface area contributed by atoms with E-state index in [9.17, 15) is 9.59 Å². The normalized spacial score (nSPS) is 15.0. The number of hydrogen-bond acceptors (Lipinski definition) is 3. The van der Waals surface area contributed by atoms with Gasteiger partial charge in [-0.2, -0.15) is 0 Å². The lowest BCUT2D eigenvalue weighted by atomic mass is 10.0. The van der Waals surface area contributed by atoms with Crippen LogP contribution in [0.5, 0.6) is 0 Å². The van der Waals surface area contributed by atoms with E-state index in [4.69, 9.17) is 4.74 Å². The molecule has 0 radical (unpaired) electrons. The average Bonchev–Trinajstić information content (AvgIpc) is 2.68. The Hall–Kier alpha value is -1.68. The van der Waals surface area contributed by atoms with E-state index in [2.05, 4.69) is 13.8 Å². The van der Waals surface area contributed by atoms with Crippen LogP contribution in [0.3, 0.4) is 0 Å². The quantitative estimate of drug-likeness (QED) is 0.597. The third-order valence-corrected chi connectivity index (χ3v) is 3.69. The molecule has 0 N–H and O–H groups in total. The lowest BCUT2D eigenvalue weighted by Crippen LogP contribution is -2.50. The van der Waals surface area contributed by atoms with Gasteiger partial charge in [0.1, 0.15) is 0 Å². The molecule has 1 aliphatic rings. The van der Waals surface area contributed by atoms with Gasteiger partial charge < -0.3 is 4.74 Å². The summed E-state index contributed by atoms with van der Waals surface area (Å²) in [4.78, 5) is 26.2. The maximum Gasteiger partial charge on any atom is 0.262 e. The zero-order valence-corrected chi connectivity index (χ0v) is 13.2. The number of fused-ring (bicyclic) bond motifs is 1. The molecule has 0 unspecified atom stereocenters. The van der Waals surface area contributed by atoms with Crippen molar-refractivity contribution in [2.24, 2.45) is 5.92 Å². The highest BCUT2D eigenvalue weighted by molar-refractivity contribution is 6.21. The molecule has 0 bridgehead atoms. The van der Waals surface area contributed by atoms with E-state index in [1.165, 1.54) is 4.90 Å². The van der Waals surface area contributed by atoms with Gasteiger partial charge in [-0.15, -0.1) is 0 Å². The first-order valence-electron chi connectivity index (χ1n) is 7.40. The van der Waals surface area contributed by atoms with Crippen LogP contribution < -0.4 is 0 Å². The zero-order valence-electron chi connectivity index (χ0n) is 13.2. The first-order valence-corrected chi connectivity index (χ1v) is 7.40. The number of rotatable bonds is 6. The van der Waals surface area contributed by atoms with Gasteiger partial charge in [0.15, 0.2) is 0 Å². The summed E-state index contributed by atoms with van der Waals surface area (Å²) < 4.78 is 5.67. The Labute approximate surface area is 126 Å². The van der Waals surface area contributed by atoms with Crippen LogP contribution in [0.2, 0.25) is 0 Å². The molecule has 2 rings (SSSR count). The van der Waals surface area contributed by atoms with E-state index in [-0.39, 0.29) is 11.8 Å². The standard InChI is InChI=1S/C17H23NO3/c1-12(2)9-10-21-11-17(3,4)18-15(19)13-7-5-6-8-14(13)16(18)20/h5-8,12H,9-11H2,1-4H3. The lowest BCUT2D eigenvalue weighted by Gasteiger charge is -2.33. The first-order chi connectivity index (χ1) is 9.84. The highest BCUT2D eigenvalue weighted by atomic mass is 16.5. The molecule has 4 heteroatoms. The topological polar surface area (TPSA) is 46.6 Å². The van der Waals surface area contributed by atoms with Crippen molar-refractivity contribution in [2.45, 2.75) is 39.7 Å². The summed E-state index contributed by atoms with van der Waals surface area (Å²) in [5.41, 5.74) is 0.319. The average molecular weight is 289 g/mol. The molecule has 1 aromatic carbocycles. The van der Waals surface area contributed by atoms with Gasteiger partial charge in [-0.3, -0.25) is 14.5 Å². The van der Waals surface area contributed by atoms with Crippen molar-refractivity contribution < 1.29 is 14.3 Å². The lowest BCUT2D eigenvalue weighted by molar-refractivity contribution is 0.0142. The minimum atomic E-state index is -0.649. The van der Waals surface area contributed by atoms with E-state index >= 15 is 0 Å². The molecule has 4 nitrogen and oxygen atoms in total. The third kappa shape index (κ3) is 3.16. The van der Waals surface area contributed by atoms with Crippen molar-refractivity contribution in [3.05, 3.63) is 35.4 Å². The smallest absolute Gasteiger partial charge is 0.262 e. The Morgan fingerprint density at radius 1 is 1.10 bits per heavy atom. The monoisotopic (exact) mass is 289 g/mol. The van der Waals surface area contributed by atoms with Gasteiger partial charge in [-0.05, 0) is 38.3 Å². The molecule has 0 saturated carbocycles. The predicted octanol–water partition coefficient (Wildman–Crippen LogP) is 3.12. The molecule has 2 amide bonds. The molecule has 0 saturated heterocycles. The molecule has 1 aliphatic heterocycles. The minimum Gasteiger partial charge on any atom is -0.379 e. The largest absolute Gasteiger partial charge is 0.379 e. The number of ether oxygens (including phenoxy) is 1. The zero-order chi connectivity index (χ0) is 15.6. The molecule has 0 atom stereocenters. The molecule has 0 spiro atoms. The maximum atomic E-state index is 12.4. The predicted molar refractivity (Wildman–Crippen MR) is 81.3 cm³/mol. The Morgan fingerprint density at radius 3 is 2.10 bits per heavy atom. The van der Waals surface area contributed by atoms with Crippen LogP contribution in [0.25, 0.3) is 0 Å². The van der Waals surface area contributed by atoms with Crippen LogP contribution in [0.1, 0.15) is 54.8 Å². The SMILES string of the molecule is CC(C)CCOCC(C)(C)N1C(=O)c2ccccc2C1=O. The van der Waals surface area contributed by atoms with Crippen LogP contribution in [-0.2, 0) is 4.74 Å². The van der Waals surface area contributed by atoms with Gasteiger partial charge in [0.25, 0.3) is 11.8 Å². The molecular weight excluding hydrogens is 266 g/mol.